The summed E-state index contributed by atoms with van der Waals surface area (Å²) >= 11 is 0. The summed E-state index contributed by atoms with van der Waals surface area (Å²) in [5.74, 6) is -0.689. The summed E-state index contributed by atoms with van der Waals surface area (Å²) in [6, 6.07) is 25.9. The third-order valence-corrected chi connectivity index (χ3v) is 4.27. The summed E-state index contributed by atoms with van der Waals surface area (Å²) in [4.78, 5) is 24.3. The van der Waals surface area contributed by atoms with E-state index in [2.05, 4.69) is 22.8 Å². The second-order valence-corrected chi connectivity index (χ2v) is 6.57. The zero-order valence-corrected chi connectivity index (χ0v) is 15.5. The molecule has 0 aliphatic heterocycles. The number of nitrogens with two attached hydrogens (primary N) is 1. The highest BCUT2D eigenvalue weighted by Gasteiger charge is 2.17. The van der Waals surface area contributed by atoms with Gasteiger partial charge >= 0.3 is 0 Å². The van der Waals surface area contributed by atoms with Crippen LogP contribution in [0, 0.1) is 0 Å². The van der Waals surface area contributed by atoms with Crippen LogP contribution in [0.15, 0.2) is 84.9 Å². The average Bonchev–Trinajstić information content (AvgIpc) is 2.71. The lowest BCUT2D eigenvalue weighted by Gasteiger charge is -2.12. The smallest absolute Gasteiger partial charge is 0.241 e. The maximum Gasteiger partial charge on any atom is 0.241 e. The minimum absolute atomic E-state index is 0.0928. The highest BCUT2D eigenvalue weighted by molar-refractivity contribution is 6.00. The summed E-state index contributed by atoms with van der Waals surface area (Å²) < 4.78 is 0. The lowest BCUT2D eigenvalue weighted by atomic mass is 10.0. The van der Waals surface area contributed by atoms with Crippen LogP contribution < -0.4 is 16.4 Å². The van der Waals surface area contributed by atoms with Crippen molar-refractivity contribution in [1.29, 1.82) is 0 Å². The number of nitrogens with one attached hydrogen (secondary N) is 2. The average molecular weight is 373 g/mol. The number of carbonyl (C=O) groups is 2. The molecule has 0 radical (unpaired) electrons. The van der Waals surface area contributed by atoms with Gasteiger partial charge in [0.05, 0.1) is 12.5 Å². The number of anilines is 2. The number of rotatable bonds is 7. The van der Waals surface area contributed by atoms with Crippen molar-refractivity contribution in [2.75, 3.05) is 10.6 Å². The summed E-state index contributed by atoms with van der Waals surface area (Å²) in [6.45, 7) is 0. The van der Waals surface area contributed by atoms with E-state index in [9.17, 15) is 9.59 Å². The van der Waals surface area contributed by atoms with E-state index in [0.29, 0.717) is 11.4 Å². The first kappa shape index (κ1) is 19.3. The molecule has 2 amide bonds. The van der Waals surface area contributed by atoms with E-state index in [1.807, 2.05) is 60.7 Å². The molecule has 3 aromatic rings. The van der Waals surface area contributed by atoms with Gasteiger partial charge in [0.15, 0.2) is 0 Å². The standard InChI is InChI=1S/C23H23N3O2/c24-21(23(28)26-19-9-5-2-6-10-19)16-22(27)25-20-13-11-18(12-14-20)15-17-7-3-1-4-8-17/h1-14,21H,15-16,24H2,(H,25,27)(H,26,28). The van der Waals surface area contributed by atoms with E-state index >= 15 is 0 Å². The summed E-state index contributed by atoms with van der Waals surface area (Å²) in [5.41, 5.74) is 9.57. The molecule has 3 aromatic carbocycles. The quantitative estimate of drug-likeness (QED) is 0.592. The molecule has 4 N–H and O–H groups in total. The molecule has 0 aromatic heterocycles. The Bertz CT molecular complexity index is 910. The van der Waals surface area contributed by atoms with Crippen molar-refractivity contribution in [3.05, 3.63) is 96.1 Å². The number of hydrogen-bond acceptors (Lipinski definition) is 3. The van der Waals surface area contributed by atoms with Gasteiger partial charge in [0.25, 0.3) is 0 Å². The molecule has 0 saturated heterocycles. The minimum atomic E-state index is -0.919. The topological polar surface area (TPSA) is 84.2 Å². The van der Waals surface area contributed by atoms with Gasteiger partial charge in [-0.15, -0.1) is 0 Å². The largest absolute Gasteiger partial charge is 0.326 e. The SMILES string of the molecule is NC(CC(=O)Nc1ccc(Cc2ccccc2)cc1)C(=O)Nc1ccccc1. The first-order valence-corrected chi connectivity index (χ1v) is 9.14. The fourth-order valence-corrected chi connectivity index (χ4v) is 2.80. The molecule has 5 nitrogen and oxygen atoms in total. The maximum atomic E-state index is 12.2. The Morgan fingerprint density at radius 2 is 1.25 bits per heavy atom. The number of benzene rings is 3. The van der Waals surface area contributed by atoms with Crippen molar-refractivity contribution in [1.82, 2.24) is 0 Å². The molecular formula is C23H23N3O2. The van der Waals surface area contributed by atoms with Crippen molar-refractivity contribution in [3.63, 3.8) is 0 Å². The number of carbonyl (C=O) groups excluding carboxylic acids is 2. The Morgan fingerprint density at radius 1 is 0.714 bits per heavy atom. The van der Waals surface area contributed by atoms with E-state index in [4.69, 9.17) is 5.73 Å². The van der Waals surface area contributed by atoms with Crippen molar-refractivity contribution in [3.8, 4) is 0 Å². The van der Waals surface area contributed by atoms with Crippen molar-refractivity contribution < 1.29 is 9.59 Å². The van der Waals surface area contributed by atoms with E-state index < -0.39 is 6.04 Å². The zero-order valence-electron chi connectivity index (χ0n) is 15.5. The molecule has 0 heterocycles. The Labute approximate surface area is 164 Å². The molecule has 1 unspecified atom stereocenters. The highest BCUT2D eigenvalue weighted by atomic mass is 16.2. The fourth-order valence-electron chi connectivity index (χ4n) is 2.80. The van der Waals surface area contributed by atoms with Gasteiger partial charge in [-0.2, -0.15) is 0 Å². The normalized spacial score (nSPS) is 11.5. The predicted molar refractivity (Wildman–Crippen MR) is 112 cm³/mol. The van der Waals surface area contributed by atoms with Crippen LogP contribution in [0.25, 0.3) is 0 Å². The third-order valence-electron chi connectivity index (χ3n) is 4.27. The fraction of sp³-hybridized carbons (Fsp3) is 0.130. The molecule has 3 rings (SSSR count). The van der Waals surface area contributed by atoms with Crippen molar-refractivity contribution >= 4 is 23.2 Å². The Kier molecular flexibility index (Phi) is 6.54. The minimum Gasteiger partial charge on any atom is -0.326 e. The van der Waals surface area contributed by atoms with Crippen LogP contribution in [-0.4, -0.2) is 17.9 Å². The Morgan fingerprint density at radius 3 is 1.89 bits per heavy atom. The molecule has 0 spiro atoms. The molecule has 28 heavy (non-hydrogen) atoms. The van der Waals surface area contributed by atoms with E-state index in [-0.39, 0.29) is 18.2 Å². The van der Waals surface area contributed by atoms with Gasteiger partial charge in [-0.1, -0.05) is 60.7 Å². The van der Waals surface area contributed by atoms with Crippen LogP contribution in [-0.2, 0) is 16.0 Å². The molecule has 0 fully saturated rings. The van der Waals surface area contributed by atoms with E-state index in [1.54, 1.807) is 12.1 Å². The van der Waals surface area contributed by atoms with Gasteiger partial charge < -0.3 is 16.4 Å². The van der Waals surface area contributed by atoms with Crippen LogP contribution >= 0.6 is 0 Å². The van der Waals surface area contributed by atoms with Gasteiger partial charge in [0.1, 0.15) is 0 Å². The number of para-hydroxylation sites is 1. The first-order chi connectivity index (χ1) is 13.6. The molecule has 0 saturated carbocycles. The zero-order chi connectivity index (χ0) is 19.8. The van der Waals surface area contributed by atoms with Crippen molar-refractivity contribution in [2.45, 2.75) is 18.9 Å². The summed E-state index contributed by atoms with van der Waals surface area (Å²) in [5, 5.41) is 5.48. The number of hydrogen-bond donors (Lipinski definition) is 3. The monoisotopic (exact) mass is 373 g/mol. The number of amides is 2. The molecule has 0 aliphatic rings. The Balaban J connectivity index is 1.49. The van der Waals surface area contributed by atoms with Gasteiger partial charge in [-0.3, -0.25) is 9.59 Å². The second-order valence-electron chi connectivity index (χ2n) is 6.57. The summed E-state index contributed by atoms with van der Waals surface area (Å²) in [7, 11) is 0. The summed E-state index contributed by atoms with van der Waals surface area (Å²) in [6.07, 6.45) is 0.740. The van der Waals surface area contributed by atoms with Crippen LogP contribution in [0.2, 0.25) is 0 Å². The molecule has 5 heteroatoms. The molecular weight excluding hydrogens is 350 g/mol. The molecule has 142 valence electrons. The predicted octanol–water partition coefficient (Wildman–Crippen LogP) is 3.57. The van der Waals surface area contributed by atoms with Gasteiger partial charge in [0.2, 0.25) is 11.8 Å². The van der Waals surface area contributed by atoms with Gasteiger partial charge in [0, 0.05) is 11.4 Å². The lowest BCUT2D eigenvalue weighted by molar-refractivity contribution is -0.122. The maximum absolute atomic E-state index is 12.2. The third kappa shape index (κ3) is 5.79. The molecule has 1 atom stereocenters. The van der Waals surface area contributed by atoms with Crippen molar-refractivity contribution in [2.24, 2.45) is 5.73 Å². The van der Waals surface area contributed by atoms with E-state index in [1.165, 1.54) is 5.56 Å². The lowest BCUT2D eigenvalue weighted by Crippen LogP contribution is -2.38. The van der Waals surface area contributed by atoms with Crippen LogP contribution in [0.4, 0.5) is 11.4 Å². The van der Waals surface area contributed by atoms with Crippen LogP contribution in [0.3, 0.4) is 0 Å². The molecule has 0 aliphatic carbocycles. The van der Waals surface area contributed by atoms with Crippen LogP contribution in [0.1, 0.15) is 17.5 Å². The second kappa shape index (κ2) is 9.48. The van der Waals surface area contributed by atoms with Gasteiger partial charge in [-0.05, 0) is 41.8 Å². The molecule has 0 bridgehead atoms. The van der Waals surface area contributed by atoms with Gasteiger partial charge in [-0.25, -0.2) is 0 Å². The Hall–Kier alpha value is -3.44. The highest BCUT2D eigenvalue weighted by Crippen LogP contribution is 2.14. The van der Waals surface area contributed by atoms with E-state index in [0.717, 1.165) is 12.0 Å². The first-order valence-electron chi connectivity index (χ1n) is 9.14. The van der Waals surface area contributed by atoms with Crippen LogP contribution in [0.5, 0.6) is 0 Å².